The van der Waals surface area contributed by atoms with Crippen molar-refractivity contribution in [3.63, 3.8) is 0 Å². The average Bonchev–Trinajstić information content (AvgIpc) is 2.91. The molecule has 2 aromatic rings. The van der Waals surface area contributed by atoms with Crippen molar-refractivity contribution in [2.24, 2.45) is 0 Å². The molecule has 0 spiro atoms. The summed E-state index contributed by atoms with van der Waals surface area (Å²) in [7, 11) is 0. The van der Waals surface area contributed by atoms with Crippen LogP contribution in [0.5, 0.6) is 0 Å². The lowest BCUT2D eigenvalue weighted by molar-refractivity contribution is -0.143. The molecule has 1 saturated carbocycles. The summed E-state index contributed by atoms with van der Waals surface area (Å²) in [4.78, 5) is 12.7. The fourth-order valence-electron chi connectivity index (χ4n) is 2.70. The molecular formula is C12H13NO3S. The van der Waals surface area contributed by atoms with Gasteiger partial charge in [-0.15, -0.1) is 11.3 Å². The highest BCUT2D eigenvalue weighted by molar-refractivity contribution is 7.19. The second kappa shape index (κ2) is 3.57. The minimum Gasteiger partial charge on any atom is -0.481 e. The van der Waals surface area contributed by atoms with Gasteiger partial charge in [0.2, 0.25) is 0 Å². The zero-order valence-electron chi connectivity index (χ0n) is 9.52. The molecule has 0 unspecified atom stereocenters. The average molecular weight is 251 g/mol. The number of aryl methyl sites for hydroxylation is 1. The van der Waals surface area contributed by atoms with Crippen LogP contribution < -0.4 is 0 Å². The lowest BCUT2D eigenvalue weighted by Crippen LogP contribution is -2.33. The number of rotatable bonds is 2. The third-order valence-corrected chi connectivity index (χ3v) is 4.63. The van der Waals surface area contributed by atoms with Crippen LogP contribution in [0.15, 0.2) is 10.6 Å². The van der Waals surface area contributed by atoms with E-state index in [0.717, 1.165) is 28.0 Å². The van der Waals surface area contributed by atoms with Gasteiger partial charge in [0, 0.05) is 4.88 Å². The Morgan fingerprint density at radius 2 is 2.24 bits per heavy atom. The molecule has 4 nitrogen and oxygen atoms in total. The quantitative estimate of drug-likeness (QED) is 0.890. The normalized spacial score (nSPS) is 18.9. The van der Waals surface area contributed by atoms with E-state index in [0.29, 0.717) is 18.5 Å². The molecule has 1 N–H and O–H groups in total. The predicted octanol–water partition coefficient (Wildman–Crippen LogP) is 3.09. The Bertz CT molecular complexity index is 578. The number of aliphatic carboxylic acids is 1. The van der Waals surface area contributed by atoms with E-state index in [1.54, 1.807) is 11.3 Å². The summed E-state index contributed by atoms with van der Waals surface area (Å²) in [5.74, 6) is -0.767. The first-order chi connectivity index (χ1) is 8.13. The molecular weight excluding hydrogens is 238 g/mol. The molecule has 2 heterocycles. The first kappa shape index (κ1) is 10.8. The summed E-state index contributed by atoms with van der Waals surface area (Å²) in [5.41, 5.74) is 0.536. The fraction of sp³-hybridized carbons (Fsp3) is 0.500. The Kier molecular flexibility index (Phi) is 2.26. The highest BCUT2D eigenvalue weighted by Gasteiger charge is 2.47. The Morgan fingerprint density at radius 1 is 1.53 bits per heavy atom. The second-order valence-corrected chi connectivity index (χ2v) is 5.93. The summed E-state index contributed by atoms with van der Waals surface area (Å²) < 4.78 is 6.16. The molecule has 0 amide bonds. The van der Waals surface area contributed by atoms with E-state index < -0.39 is 11.4 Å². The summed E-state index contributed by atoms with van der Waals surface area (Å²) in [6.45, 7) is 1.99. The van der Waals surface area contributed by atoms with Gasteiger partial charge in [-0.25, -0.2) is 0 Å². The lowest BCUT2D eigenvalue weighted by Gasteiger charge is -2.20. The van der Waals surface area contributed by atoms with E-state index in [9.17, 15) is 9.90 Å². The fourth-order valence-corrected chi connectivity index (χ4v) is 3.71. The monoisotopic (exact) mass is 251 g/mol. The first-order valence-corrected chi connectivity index (χ1v) is 6.55. The molecule has 0 aromatic carbocycles. The summed E-state index contributed by atoms with van der Waals surface area (Å²) in [5, 5.41) is 13.6. The Labute approximate surface area is 102 Å². The van der Waals surface area contributed by atoms with Crippen molar-refractivity contribution in [3.05, 3.63) is 16.6 Å². The minimum absolute atomic E-state index is 0.635. The third kappa shape index (κ3) is 1.42. The number of carboxylic acid groups (broad SMARTS) is 1. The lowest BCUT2D eigenvalue weighted by atomic mass is 9.83. The molecule has 0 radical (unpaired) electrons. The van der Waals surface area contributed by atoms with Gasteiger partial charge < -0.3 is 9.63 Å². The summed E-state index contributed by atoms with van der Waals surface area (Å²) in [6, 6.07) is 1.92. The van der Waals surface area contributed by atoms with Crippen LogP contribution in [0.4, 0.5) is 0 Å². The Hall–Kier alpha value is -1.36. The van der Waals surface area contributed by atoms with E-state index in [1.807, 2.05) is 13.0 Å². The standard InChI is InChI=1S/C12H13NO3S/c1-7-6-8-9(17-7)10(13-16-8)12(11(14)15)4-2-3-5-12/h6H,2-5H2,1H3,(H,14,15). The summed E-state index contributed by atoms with van der Waals surface area (Å²) >= 11 is 1.57. The predicted molar refractivity (Wildman–Crippen MR) is 64.4 cm³/mol. The van der Waals surface area contributed by atoms with Crippen molar-refractivity contribution < 1.29 is 14.4 Å². The van der Waals surface area contributed by atoms with Crippen LogP contribution >= 0.6 is 11.3 Å². The summed E-state index contributed by atoms with van der Waals surface area (Å²) in [6.07, 6.45) is 3.23. The molecule has 90 valence electrons. The minimum atomic E-state index is -0.817. The molecule has 1 aliphatic rings. The van der Waals surface area contributed by atoms with Gasteiger partial charge >= 0.3 is 5.97 Å². The van der Waals surface area contributed by atoms with Crippen LogP contribution in [0.1, 0.15) is 36.3 Å². The molecule has 0 saturated heterocycles. The maximum absolute atomic E-state index is 11.6. The molecule has 1 fully saturated rings. The topological polar surface area (TPSA) is 63.3 Å². The largest absolute Gasteiger partial charge is 0.481 e. The highest BCUT2D eigenvalue weighted by atomic mass is 32.1. The number of aromatic nitrogens is 1. The van der Waals surface area contributed by atoms with Crippen LogP contribution in [-0.2, 0) is 10.2 Å². The van der Waals surface area contributed by atoms with E-state index >= 15 is 0 Å². The van der Waals surface area contributed by atoms with Gasteiger partial charge in [0.1, 0.15) is 11.1 Å². The number of carboxylic acids is 1. The van der Waals surface area contributed by atoms with Crippen LogP contribution in [0.2, 0.25) is 0 Å². The number of hydrogen-bond acceptors (Lipinski definition) is 4. The van der Waals surface area contributed by atoms with Gasteiger partial charge in [-0.2, -0.15) is 0 Å². The Morgan fingerprint density at radius 3 is 2.88 bits per heavy atom. The number of fused-ring (bicyclic) bond motifs is 1. The molecule has 0 atom stereocenters. The van der Waals surface area contributed by atoms with E-state index in [1.165, 1.54) is 0 Å². The van der Waals surface area contributed by atoms with Gasteiger partial charge in [-0.1, -0.05) is 18.0 Å². The first-order valence-electron chi connectivity index (χ1n) is 5.73. The number of nitrogens with zero attached hydrogens (tertiary/aromatic N) is 1. The highest BCUT2D eigenvalue weighted by Crippen LogP contribution is 2.45. The van der Waals surface area contributed by atoms with Crippen molar-refractivity contribution in [1.82, 2.24) is 5.16 Å². The number of carbonyl (C=O) groups is 1. The van der Waals surface area contributed by atoms with Crippen molar-refractivity contribution in [2.75, 3.05) is 0 Å². The number of thiophene rings is 1. The van der Waals surface area contributed by atoms with Crippen molar-refractivity contribution >= 4 is 27.6 Å². The molecule has 1 aliphatic carbocycles. The van der Waals surface area contributed by atoms with Crippen LogP contribution in [0, 0.1) is 6.92 Å². The van der Waals surface area contributed by atoms with Gasteiger partial charge in [0.15, 0.2) is 5.58 Å². The van der Waals surface area contributed by atoms with Crippen molar-refractivity contribution in [3.8, 4) is 0 Å². The third-order valence-electron chi connectivity index (χ3n) is 3.59. The maximum Gasteiger partial charge on any atom is 0.315 e. The SMILES string of the molecule is Cc1cc2onc(C3(C(=O)O)CCCC3)c2s1. The second-order valence-electron chi connectivity index (χ2n) is 4.68. The smallest absolute Gasteiger partial charge is 0.315 e. The zero-order valence-corrected chi connectivity index (χ0v) is 10.3. The number of hydrogen-bond donors (Lipinski definition) is 1. The molecule has 2 aromatic heterocycles. The van der Waals surface area contributed by atoms with E-state index in [4.69, 9.17) is 4.52 Å². The van der Waals surface area contributed by atoms with Gasteiger partial charge in [0.25, 0.3) is 0 Å². The van der Waals surface area contributed by atoms with Crippen molar-refractivity contribution in [1.29, 1.82) is 0 Å². The molecule has 5 heteroatoms. The Balaban J connectivity index is 2.21. The van der Waals surface area contributed by atoms with Crippen LogP contribution in [0.3, 0.4) is 0 Å². The maximum atomic E-state index is 11.6. The van der Waals surface area contributed by atoms with Gasteiger partial charge in [0.05, 0.1) is 4.70 Å². The molecule has 0 aliphatic heterocycles. The van der Waals surface area contributed by atoms with Gasteiger partial charge in [-0.3, -0.25) is 4.79 Å². The van der Waals surface area contributed by atoms with E-state index in [-0.39, 0.29) is 0 Å². The van der Waals surface area contributed by atoms with Gasteiger partial charge in [-0.05, 0) is 25.8 Å². The molecule has 17 heavy (non-hydrogen) atoms. The van der Waals surface area contributed by atoms with E-state index in [2.05, 4.69) is 5.16 Å². The zero-order chi connectivity index (χ0) is 12.0. The van der Waals surface area contributed by atoms with Crippen LogP contribution in [0.25, 0.3) is 10.3 Å². The van der Waals surface area contributed by atoms with Crippen LogP contribution in [-0.4, -0.2) is 16.2 Å². The van der Waals surface area contributed by atoms with Crippen molar-refractivity contribution in [2.45, 2.75) is 38.0 Å². The molecule has 3 rings (SSSR count). The molecule has 0 bridgehead atoms.